The fourth-order valence-electron chi connectivity index (χ4n) is 2.21. The molecule has 0 unspecified atom stereocenters. The summed E-state index contributed by atoms with van der Waals surface area (Å²) < 4.78 is 0. The number of hydrogen-bond donors (Lipinski definition) is 1. The van der Waals surface area contributed by atoms with Gasteiger partial charge >= 0.3 is 0 Å². The number of anilines is 2. The molecular weight excluding hydrogens is 274 g/mol. The predicted molar refractivity (Wildman–Crippen MR) is 87.0 cm³/mol. The van der Waals surface area contributed by atoms with Crippen molar-refractivity contribution in [2.45, 2.75) is 13.1 Å². The smallest absolute Gasteiger partial charge is 0.131 e. The normalized spacial score (nSPS) is 10.4. The van der Waals surface area contributed by atoms with Crippen LogP contribution < -0.4 is 10.6 Å². The largest absolute Gasteiger partial charge is 0.384 e. The Bertz CT molecular complexity index is 674. The highest BCUT2D eigenvalue weighted by Gasteiger charge is 2.11. The number of aromatic nitrogens is 3. The molecule has 0 amide bonds. The molecule has 0 radical (unpaired) electrons. The van der Waals surface area contributed by atoms with Crippen LogP contribution in [0.5, 0.6) is 0 Å². The lowest BCUT2D eigenvalue weighted by molar-refractivity contribution is 0.752. The Labute approximate surface area is 129 Å². The predicted octanol–water partition coefficient (Wildman–Crippen LogP) is 2.66. The molecule has 3 heterocycles. The first-order chi connectivity index (χ1) is 10.8. The number of hydrogen-bond acceptors (Lipinski definition) is 5. The molecule has 0 aliphatic rings. The van der Waals surface area contributed by atoms with E-state index in [-0.39, 0.29) is 0 Å². The van der Waals surface area contributed by atoms with Crippen molar-refractivity contribution in [3.05, 3.63) is 78.4 Å². The molecule has 0 fully saturated rings. The maximum absolute atomic E-state index is 5.81. The van der Waals surface area contributed by atoms with Crippen LogP contribution >= 0.6 is 0 Å². The van der Waals surface area contributed by atoms with Crippen LogP contribution in [0.1, 0.15) is 11.4 Å². The molecule has 5 heteroatoms. The van der Waals surface area contributed by atoms with E-state index in [1.54, 1.807) is 18.5 Å². The second-order valence-corrected chi connectivity index (χ2v) is 4.92. The first-order valence-corrected chi connectivity index (χ1v) is 7.08. The molecule has 5 nitrogen and oxygen atoms in total. The quantitative estimate of drug-likeness (QED) is 0.782. The SMILES string of the molecule is Nc1cccc(N(Cc2ccccn2)Cc2ccccn2)n1. The molecule has 0 saturated carbocycles. The number of nitrogens with two attached hydrogens (primary N) is 1. The lowest BCUT2D eigenvalue weighted by Gasteiger charge is -2.23. The van der Waals surface area contributed by atoms with Gasteiger partial charge in [0.15, 0.2) is 0 Å². The van der Waals surface area contributed by atoms with Gasteiger partial charge in [-0.2, -0.15) is 0 Å². The third kappa shape index (κ3) is 3.58. The Morgan fingerprint density at radius 2 is 1.41 bits per heavy atom. The van der Waals surface area contributed by atoms with Crippen molar-refractivity contribution < 1.29 is 0 Å². The van der Waals surface area contributed by atoms with Crippen molar-refractivity contribution >= 4 is 11.6 Å². The van der Waals surface area contributed by atoms with Gasteiger partial charge in [0.1, 0.15) is 11.6 Å². The van der Waals surface area contributed by atoms with E-state index in [2.05, 4.69) is 19.9 Å². The van der Waals surface area contributed by atoms with Crippen LogP contribution in [0.25, 0.3) is 0 Å². The highest BCUT2D eigenvalue weighted by Crippen LogP contribution is 2.17. The van der Waals surface area contributed by atoms with Gasteiger partial charge in [-0.3, -0.25) is 9.97 Å². The third-order valence-electron chi connectivity index (χ3n) is 3.24. The minimum Gasteiger partial charge on any atom is -0.384 e. The summed E-state index contributed by atoms with van der Waals surface area (Å²) >= 11 is 0. The fourth-order valence-corrected chi connectivity index (χ4v) is 2.21. The maximum atomic E-state index is 5.81. The zero-order valence-electron chi connectivity index (χ0n) is 12.1. The molecule has 2 N–H and O–H groups in total. The molecule has 0 saturated heterocycles. The number of nitrogens with zero attached hydrogens (tertiary/aromatic N) is 4. The monoisotopic (exact) mass is 291 g/mol. The van der Waals surface area contributed by atoms with Crippen molar-refractivity contribution in [1.82, 2.24) is 15.0 Å². The zero-order chi connectivity index (χ0) is 15.2. The third-order valence-corrected chi connectivity index (χ3v) is 3.24. The second-order valence-electron chi connectivity index (χ2n) is 4.92. The Morgan fingerprint density at radius 3 is 1.91 bits per heavy atom. The highest BCUT2D eigenvalue weighted by atomic mass is 15.2. The van der Waals surface area contributed by atoms with Gasteiger partial charge in [-0.15, -0.1) is 0 Å². The van der Waals surface area contributed by atoms with Crippen LogP contribution in [0, 0.1) is 0 Å². The zero-order valence-corrected chi connectivity index (χ0v) is 12.1. The minimum absolute atomic E-state index is 0.504. The highest BCUT2D eigenvalue weighted by molar-refractivity contribution is 5.45. The van der Waals surface area contributed by atoms with Gasteiger partial charge in [0.2, 0.25) is 0 Å². The van der Waals surface area contributed by atoms with Gasteiger partial charge in [-0.25, -0.2) is 4.98 Å². The van der Waals surface area contributed by atoms with Crippen LogP contribution in [-0.4, -0.2) is 15.0 Å². The van der Waals surface area contributed by atoms with Crippen molar-refractivity contribution in [1.29, 1.82) is 0 Å². The summed E-state index contributed by atoms with van der Waals surface area (Å²) in [5.74, 6) is 1.32. The summed E-state index contributed by atoms with van der Waals surface area (Å²) in [5, 5.41) is 0. The Kier molecular flexibility index (Phi) is 4.25. The summed E-state index contributed by atoms with van der Waals surface area (Å²) in [7, 11) is 0. The van der Waals surface area contributed by atoms with E-state index in [4.69, 9.17) is 5.73 Å². The van der Waals surface area contributed by atoms with E-state index in [1.807, 2.05) is 48.5 Å². The van der Waals surface area contributed by atoms with E-state index >= 15 is 0 Å². The molecule has 3 rings (SSSR count). The summed E-state index contributed by atoms with van der Waals surface area (Å²) in [6, 6.07) is 17.4. The van der Waals surface area contributed by atoms with Crippen molar-refractivity contribution in [2.24, 2.45) is 0 Å². The molecule has 0 atom stereocenters. The van der Waals surface area contributed by atoms with Gasteiger partial charge in [-0.05, 0) is 36.4 Å². The van der Waals surface area contributed by atoms with E-state index in [0.717, 1.165) is 17.2 Å². The minimum atomic E-state index is 0.504. The van der Waals surface area contributed by atoms with Gasteiger partial charge in [-0.1, -0.05) is 18.2 Å². The van der Waals surface area contributed by atoms with E-state index in [0.29, 0.717) is 18.9 Å². The van der Waals surface area contributed by atoms with Crippen LogP contribution in [0.15, 0.2) is 67.0 Å². The molecule has 0 aromatic carbocycles. The first kappa shape index (κ1) is 14.0. The molecule has 22 heavy (non-hydrogen) atoms. The van der Waals surface area contributed by atoms with Gasteiger partial charge < -0.3 is 10.6 Å². The van der Waals surface area contributed by atoms with Crippen molar-refractivity contribution in [3.8, 4) is 0 Å². The summed E-state index contributed by atoms with van der Waals surface area (Å²) in [4.78, 5) is 15.3. The molecule has 0 bridgehead atoms. The van der Waals surface area contributed by atoms with Gasteiger partial charge in [0.25, 0.3) is 0 Å². The lowest BCUT2D eigenvalue weighted by Crippen LogP contribution is -2.24. The topological polar surface area (TPSA) is 67.9 Å². The number of rotatable bonds is 5. The Balaban J connectivity index is 1.88. The molecule has 0 aliphatic heterocycles. The number of nitrogen functional groups attached to an aromatic ring is 1. The lowest BCUT2D eigenvalue weighted by atomic mass is 10.2. The average molecular weight is 291 g/mol. The van der Waals surface area contributed by atoms with E-state index in [1.165, 1.54) is 0 Å². The second kappa shape index (κ2) is 6.67. The Hall–Kier alpha value is -2.95. The van der Waals surface area contributed by atoms with E-state index < -0.39 is 0 Å². The average Bonchev–Trinajstić information content (AvgIpc) is 2.56. The molecule has 0 aliphatic carbocycles. The maximum Gasteiger partial charge on any atom is 0.131 e. The Morgan fingerprint density at radius 1 is 0.773 bits per heavy atom. The first-order valence-electron chi connectivity index (χ1n) is 7.08. The van der Waals surface area contributed by atoms with Crippen LogP contribution in [-0.2, 0) is 13.1 Å². The summed E-state index contributed by atoms with van der Waals surface area (Å²) in [6.45, 7) is 1.29. The summed E-state index contributed by atoms with van der Waals surface area (Å²) in [5.41, 5.74) is 7.76. The van der Waals surface area contributed by atoms with Crippen molar-refractivity contribution in [2.75, 3.05) is 10.6 Å². The molecule has 3 aromatic rings. The van der Waals surface area contributed by atoms with E-state index in [9.17, 15) is 0 Å². The molecule has 110 valence electrons. The van der Waals surface area contributed by atoms with Crippen molar-refractivity contribution in [3.63, 3.8) is 0 Å². The molecule has 3 aromatic heterocycles. The van der Waals surface area contributed by atoms with Crippen LogP contribution in [0.4, 0.5) is 11.6 Å². The van der Waals surface area contributed by atoms with Gasteiger partial charge in [0, 0.05) is 12.4 Å². The van der Waals surface area contributed by atoms with Crippen LogP contribution in [0.3, 0.4) is 0 Å². The van der Waals surface area contributed by atoms with Gasteiger partial charge in [0.05, 0.1) is 24.5 Å². The van der Waals surface area contributed by atoms with Crippen LogP contribution in [0.2, 0.25) is 0 Å². The molecular formula is C17H17N5. The fraction of sp³-hybridized carbons (Fsp3) is 0.118. The standard InChI is InChI=1S/C17H17N5/c18-16-8-5-9-17(21-16)22(12-14-6-1-3-10-19-14)13-15-7-2-4-11-20-15/h1-11H,12-13H2,(H2,18,21). The molecule has 0 spiro atoms. The number of pyridine rings is 3. The summed E-state index contributed by atoms with van der Waals surface area (Å²) in [6.07, 6.45) is 3.59.